The van der Waals surface area contributed by atoms with Crippen LogP contribution in [0.1, 0.15) is 34.1 Å². The predicted octanol–water partition coefficient (Wildman–Crippen LogP) is 3.50. The summed E-state index contributed by atoms with van der Waals surface area (Å²) in [7, 11) is 0. The maximum Gasteiger partial charge on any atom is 0.254 e. The average Bonchev–Trinajstić information content (AvgIpc) is 2.44. The third-order valence-corrected chi connectivity index (χ3v) is 3.46. The fourth-order valence-electron chi connectivity index (χ4n) is 2.42. The second-order valence-electron chi connectivity index (χ2n) is 5.05. The zero-order chi connectivity index (χ0) is 15.4. The molecule has 0 bridgehead atoms. The van der Waals surface area contributed by atoms with Crippen LogP contribution in [0.15, 0.2) is 36.5 Å². The van der Waals surface area contributed by atoms with Crippen LogP contribution in [-0.4, -0.2) is 22.3 Å². The van der Waals surface area contributed by atoms with Gasteiger partial charge in [0, 0.05) is 18.3 Å². The standard InChI is InChI=1S/C17H19FN2O/c1-4-20(11-15-7-5-6-8-19-15)17(21)16-12(2)9-14(18)10-13(16)3/h5-10H,4,11H2,1-3H3. The first-order valence-electron chi connectivity index (χ1n) is 6.99. The van der Waals surface area contributed by atoms with Crippen LogP contribution >= 0.6 is 0 Å². The van der Waals surface area contributed by atoms with Crippen LogP contribution in [0, 0.1) is 19.7 Å². The van der Waals surface area contributed by atoms with E-state index in [4.69, 9.17) is 0 Å². The number of hydrogen-bond donors (Lipinski definition) is 0. The number of rotatable bonds is 4. The van der Waals surface area contributed by atoms with Crippen molar-refractivity contribution < 1.29 is 9.18 Å². The predicted molar refractivity (Wildman–Crippen MR) is 80.5 cm³/mol. The summed E-state index contributed by atoms with van der Waals surface area (Å²) in [6, 6.07) is 8.43. The summed E-state index contributed by atoms with van der Waals surface area (Å²) in [6.07, 6.45) is 1.71. The second-order valence-corrected chi connectivity index (χ2v) is 5.05. The number of nitrogens with zero attached hydrogens (tertiary/aromatic N) is 2. The van der Waals surface area contributed by atoms with Gasteiger partial charge in [0.1, 0.15) is 5.82 Å². The van der Waals surface area contributed by atoms with E-state index >= 15 is 0 Å². The van der Waals surface area contributed by atoms with Crippen molar-refractivity contribution in [2.75, 3.05) is 6.54 Å². The molecular weight excluding hydrogens is 267 g/mol. The molecule has 3 nitrogen and oxygen atoms in total. The van der Waals surface area contributed by atoms with Gasteiger partial charge >= 0.3 is 0 Å². The normalized spacial score (nSPS) is 10.5. The first kappa shape index (κ1) is 15.2. The molecule has 0 unspecified atom stereocenters. The molecule has 0 aliphatic carbocycles. The van der Waals surface area contributed by atoms with Gasteiger partial charge in [-0.3, -0.25) is 9.78 Å². The molecule has 2 aromatic rings. The molecule has 1 aromatic carbocycles. The Bertz CT molecular complexity index is 617. The molecule has 4 heteroatoms. The van der Waals surface area contributed by atoms with Crippen LogP contribution < -0.4 is 0 Å². The molecule has 21 heavy (non-hydrogen) atoms. The summed E-state index contributed by atoms with van der Waals surface area (Å²) in [6.45, 7) is 6.48. The van der Waals surface area contributed by atoms with Crippen molar-refractivity contribution >= 4 is 5.91 Å². The molecule has 1 heterocycles. The summed E-state index contributed by atoms with van der Waals surface area (Å²) in [4.78, 5) is 18.7. The molecule has 0 atom stereocenters. The molecule has 0 N–H and O–H groups in total. The highest BCUT2D eigenvalue weighted by molar-refractivity contribution is 5.97. The number of aromatic nitrogens is 1. The molecule has 0 aliphatic rings. The largest absolute Gasteiger partial charge is 0.333 e. The van der Waals surface area contributed by atoms with Gasteiger partial charge in [0.05, 0.1) is 12.2 Å². The minimum atomic E-state index is -0.311. The molecule has 0 saturated carbocycles. The Kier molecular flexibility index (Phi) is 4.68. The third-order valence-electron chi connectivity index (χ3n) is 3.46. The minimum absolute atomic E-state index is 0.0850. The van der Waals surface area contributed by atoms with Crippen LogP contribution in [0.4, 0.5) is 4.39 Å². The SMILES string of the molecule is CCN(Cc1ccccn1)C(=O)c1c(C)cc(F)cc1C. The summed E-state index contributed by atoms with van der Waals surface area (Å²) in [5.74, 6) is -0.396. The lowest BCUT2D eigenvalue weighted by Gasteiger charge is -2.22. The Labute approximate surface area is 124 Å². The van der Waals surface area contributed by atoms with E-state index in [1.807, 2.05) is 25.1 Å². The first-order valence-corrected chi connectivity index (χ1v) is 6.99. The Hall–Kier alpha value is -2.23. The van der Waals surface area contributed by atoms with Crippen molar-refractivity contribution in [3.05, 3.63) is 64.7 Å². The summed E-state index contributed by atoms with van der Waals surface area (Å²) in [5.41, 5.74) is 2.74. The Morgan fingerprint density at radius 1 is 1.24 bits per heavy atom. The molecule has 2 rings (SSSR count). The quantitative estimate of drug-likeness (QED) is 0.862. The summed E-state index contributed by atoms with van der Waals surface area (Å²) >= 11 is 0. The fraction of sp³-hybridized carbons (Fsp3) is 0.294. The van der Waals surface area contributed by atoms with Crippen molar-refractivity contribution in [3.63, 3.8) is 0 Å². The first-order chi connectivity index (χ1) is 10.0. The lowest BCUT2D eigenvalue weighted by Crippen LogP contribution is -2.31. The van der Waals surface area contributed by atoms with E-state index < -0.39 is 0 Å². The number of pyridine rings is 1. The van der Waals surface area contributed by atoms with Gasteiger partial charge in [-0.05, 0) is 56.2 Å². The molecular formula is C17H19FN2O. The van der Waals surface area contributed by atoms with Crippen LogP contribution in [-0.2, 0) is 6.54 Å². The number of carbonyl (C=O) groups excluding carboxylic acids is 1. The van der Waals surface area contributed by atoms with Gasteiger partial charge in [0.2, 0.25) is 0 Å². The Morgan fingerprint density at radius 3 is 2.43 bits per heavy atom. The average molecular weight is 286 g/mol. The van der Waals surface area contributed by atoms with Crippen LogP contribution in [0.5, 0.6) is 0 Å². The van der Waals surface area contributed by atoms with Gasteiger partial charge in [-0.15, -0.1) is 0 Å². The highest BCUT2D eigenvalue weighted by Crippen LogP contribution is 2.19. The Morgan fingerprint density at radius 2 is 1.90 bits per heavy atom. The topological polar surface area (TPSA) is 33.2 Å². The molecule has 0 saturated heterocycles. The third kappa shape index (κ3) is 3.45. The molecule has 0 aliphatic heterocycles. The highest BCUT2D eigenvalue weighted by Gasteiger charge is 2.19. The molecule has 1 amide bonds. The summed E-state index contributed by atoms with van der Waals surface area (Å²) < 4.78 is 13.4. The molecule has 0 radical (unpaired) electrons. The van der Waals surface area contributed by atoms with Gasteiger partial charge in [0.25, 0.3) is 5.91 Å². The maximum atomic E-state index is 13.4. The zero-order valence-electron chi connectivity index (χ0n) is 12.6. The molecule has 0 fully saturated rings. The van der Waals surface area contributed by atoms with Crippen LogP contribution in [0.3, 0.4) is 0 Å². The van der Waals surface area contributed by atoms with Gasteiger partial charge in [-0.2, -0.15) is 0 Å². The van der Waals surface area contributed by atoms with Crippen LogP contribution in [0.2, 0.25) is 0 Å². The number of carbonyl (C=O) groups is 1. The summed E-state index contributed by atoms with van der Waals surface area (Å²) in [5, 5.41) is 0. The zero-order valence-corrected chi connectivity index (χ0v) is 12.6. The van der Waals surface area contributed by atoms with E-state index in [9.17, 15) is 9.18 Å². The van der Waals surface area contributed by atoms with Crippen molar-refractivity contribution in [2.45, 2.75) is 27.3 Å². The lowest BCUT2D eigenvalue weighted by atomic mass is 10.0. The Balaban J connectivity index is 2.29. The minimum Gasteiger partial charge on any atom is -0.333 e. The van der Waals surface area contributed by atoms with Crippen molar-refractivity contribution in [3.8, 4) is 0 Å². The smallest absolute Gasteiger partial charge is 0.254 e. The number of benzene rings is 1. The van der Waals surface area contributed by atoms with Gasteiger partial charge < -0.3 is 4.90 Å². The maximum absolute atomic E-state index is 13.4. The number of aryl methyl sites for hydroxylation is 2. The number of amides is 1. The van der Waals surface area contributed by atoms with Crippen molar-refractivity contribution in [2.24, 2.45) is 0 Å². The van der Waals surface area contributed by atoms with E-state index in [-0.39, 0.29) is 11.7 Å². The van der Waals surface area contributed by atoms with E-state index in [1.54, 1.807) is 24.9 Å². The van der Waals surface area contributed by atoms with Gasteiger partial charge in [-0.1, -0.05) is 6.07 Å². The van der Waals surface area contributed by atoms with Gasteiger partial charge in [0.15, 0.2) is 0 Å². The highest BCUT2D eigenvalue weighted by atomic mass is 19.1. The second kappa shape index (κ2) is 6.48. The monoisotopic (exact) mass is 286 g/mol. The van der Waals surface area contributed by atoms with Crippen molar-refractivity contribution in [1.82, 2.24) is 9.88 Å². The molecule has 110 valence electrons. The van der Waals surface area contributed by atoms with E-state index in [1.165, 1.54) is 12.1 Å². The van der Waals surface area contributed by atoms with E-state index in [0.29, 0.717) is 29.8 Å². The fourth-order valence-corrected chi connectivity index (χ4v) is 2.42. The molecule has 1 aromatic heterocycles. The number of halogens is 1. The van der Waals surface area contributed by atoms with Crippen LogP contribution in [0.25, 0.3) is 0 Å². The number of hydrogen-bond acceptors (Lipinski definition) is 2. The van der Waals surface area contributed by atoms with Gasteiger partial charge in [-0.25, -0.2) is 4.39 Å². The molecule has 0 spiro atoms. The van der Waals surface area contributed by atoms with E-state index in [2.05, 4.69) is 4.98 Å². The van der Waals surface area contributed by atoms with E-state index in [0.717, 1.165) is 5.69 Å². The van der Waals surface area contributed by atoms with Crippen molar-refractivity contribution in [1.29, 1.82) is 0 Å². The lowest BCUT2D eigenvalue weighted by molar-refractivity contribution is 0.0749.